The molecule has 1 saturated carbocycles. The Morgan fingerprint density at radius 3 is 2.20 bits per heavy atom. The van der Waals surface area contributed by atoms with Crippen molar-refractivity contribution >= 4 is 11.8 Å². The molecule has 1 heterocycles. The Bertz CT molecular complexity index is 510. The van der Waals surface area contributed by atoms with E-state index in [2.05, 4.69) is 0 Å². The molecule has 0 unspecified atom stereocenters. The fourth-order valence-electron chi connectivity index (χ4n) is 4.32. The van der Waals surface area contributed by atoms with E-state index in [4.69, 9.17) is 14.2 Å². The van der Waals surface area contributed by atoms with E-state index in [1.54, 1.807) is 0 Å². The molecule has 0 N–H and O–H groups in total. The number of ketones is 1. The number of esters is 1. The van der Waals surface area contributed by atoms with E-state index in [0.29, 0.717) is 19.6 Å². The van der Waals surface area contributed by atoms with Crippen LogP contribution in [0.4, 0.5) is 0 Å². The topological polar surface area (TPSA) is 61.8 Å². The van der Waals surface area contributed by atoms with Gasteiger partial charge in [0, 0.05) is 11.3 Å². The zero-order valence-corrected chi connectivity index (χ0v) is 16.8. The van der Waals surface area contributed by atoms with E-state index in [1.165, 1.54) is 0 Å². The second-order valence-electron chi connectivity index (χ2n) is 8.90. The minimum Gasteiger partial charge on any atom is -0.457 e. The molecule has 0 aromatic rings. The highest BCUT2D eigenvalue weighted by atomic mass is 16.6. The summed E-state index contributed by atoms with van der Waals surface area (Å²) in [5.74, 6) is -0.303. The quantitative estimate of drug-likeness (QED) is 0.684. The Morgan fingerprint density at radius 1 is 1.04 bits per heavy atom. The van der Waals surface area contributed by atoms with E-state index in [-0.39, 0.29) is 41.9 Å². The standard InChI is InChI=1S/C20H34O5/c1-12(2)17(21)20(7)9-8-14(19(20,5)6)18(22)25-16-11-23-10-15(16)24-13(3)4/h12-16H,8-11H2,1-7H3/t14-,15-,16+,20+/m1/s1. The fraction of sp³-hybridized carbons (Fsp3) is 0.900. The minimum absolute atomic E-state index is 0.0360. The molecule has 5 heteroatoms. The SMILES string of the molecule is CC(C)O[C@@H]1COC[C@@H]1OC(=O)[C@H]1CC[C@@](C)(C(=O)C(C)C)C1(C)C. The molecule has 5 nitrogen and oxygen atoms in total. The first-order valence-corrected chi connectivity index (χ1v) is 9.48. The van der Waals surface area contributed by atoms with Crippen molar-refractivity contribution in [2.45, 2.75) is 79.6 Å². The van der Waals surface area contributed by atoms with Crippen LogP contribution in [-0.4, -0.2) is 43.3 Å². The predicted octanol–water partition coefficient (Wildman–Crippen LogP) is 3.39. The van der Waals surface area contributed by atoms with Crippen LogP contribution in [0.2, 0.25) is 0 Å². The van der Waals surface area contributed by atoms with Crippen LogP contribution < -0.4 is 0 Å². The maximum absolute atomic E-state index is 12.9. The summed E-state index contributed by atoms with van der Waals surface area (Å²) in [4.78, 5) is 25.7. The molecule has 2 rings (SSSR count). The summed E-state index contributed by atoms with van der Waals surface area (Å²) in [5.41, 5.74) is -0.926. The summed E-state index contributed by atoms with van der Waals surface area (Å²) in [5, 5.41) is 0. The zero-order valence-electron chi connectivity index (χ0n) is 16.8. The number of carbonyl (C=O) groups excluding carboxylic acids is 2. The van der Waals surface area contributed by atoms with Gasteiger partial charge in [-0.15, -0.1) is 0 Å². The van der Waals surface area contributed by atoms with Gasteiger partial charge in [0.25, 0.3) is 0 Å². The molecule has 144 valence electrons. The van der Waals surface area contributed by atoms with Crippen LogP contribution in [0.1, 0.15) is 61.3 Å². The summed E-state index contributed by atoms with van der Waals surface area (Å²) in [6.07, 6.45) is 0.895. The van der Waals surface area contributed by atoms with Crippen LogP contribution in [0, 0.1) is 22.7 Å². The molecular formula is C20H34O5. The van der Waals surface area contributed by atoms with Gasteiger partial charge in [-0.25, -0.2) is 0 Å². The summed E-state index contributed by atoms with van der Waals surface area (Å²) < 4.78 is 17.0. The first-order chi connectivity index (χ1) is 11.5. The van der Waals surface area contributed by atoms with E-state index in [1.807, 2.05) is 48.5 Å². The highest BCUT2D eigenvalue weighted by Gasteiger charge is 2.58. The number of carbonyl (C=O) groups is 2. The molecule has 0 radical (unpaired) electrons. The van der Waals surface area contributed by atoms with Crippen molar-refractivity contribution in [1.82, 2.24) is 0 Å². The van der Waals surface area contributed by atoms with Crippen LogP contribution in [0.15, 0.2) is 0 Å². The molecule has 0 amide bonds. The largest absolute Gasteiger partial charge is 0.457 e. The summed E-state index contributed by atoms with van der Waals surface area (Å²) in [7, 11) is 0. The fourth-order valence-corrected chi connectivity index (χ4v) is 4.32. The third-order valence-electron chi connectivity index (χ3n) is 6.27. The molecule has 1 aliphatic carbocycles. The Balaban J connectivity index is 2.09. The molecule has 1 saturated heterocycles. The second kappa shape index (κ2) is 7.36. The first kappa shape index (κ1) is 20.4. The van der Waals surface area contributed by atoms with Gasteiger partial charge in [0.2, 0.25) is 0 Å². The molecule has 0 bridgehead atoms. The number of hydrogen-bond donors (Lipinski definition) is 0. The van der Waals surface area contributed by atoms with E-state index < -0.39 is 10.8 Å². The van der Waals surface area contributed by atoms with E-state index in [9.17, 15) is 9.59 Å². The molecule has 0 aromatic heterocycles. The lowest BCUT2D eigenvalue weighted by Crippen LogP contribution is -2.45. The van der Waals surface area contributed by atoms with Crippen molar-refractivity contribution in [3.05, 3.63) is 0 Å². The number of hydrogen-bond acceptors (Lipinski definition) is 5. The predicted molar refractivity (Wildman–Crippen MR) is 95.2 cm³/mol. The minimum atomic E-state index is -0.495. The lowest BCUT2D eigenvalue weighted by Gasteiger charge is -2.41. The van der Waals surface area contributed by atoms with E-state index in [0.717, 1.165) is 6.42 Å². The lowest BCUT2D eigenvalue weighted by molar-refractivity contribution is -0.166. The molecule has 25 heavy (non-hydrogen) atoms. The summed E-state index contributed by atoms with van der Waals surface area (Å²) in [6, 6.07) is 0. The molecule has 0 aromatic carbocycles. The van der Waals surface area contributed by atoms with Gasteiger partial charge in [0.15, 0.2) is 6.10 Å². The summed E-state index contributed by atoms with van der Waals surface area (Å²) >= 11 is 0. The van der Waals surface area contributed by atoms with Crippen LogP contribution in [0.5, 0.6) is 0 Å². The van der Waals surface area contributed by atoms with Crippen molar-refractivity contribution in [1.29, 1.82) is 0 Å². The third kappa shape index (κ3) is 3.77. The first-order valence-electron chi connectivity index (χ1n) is 9.48. The highest BCUT2D eigenvalue weighted by molar-refractivity contribution is 5.89. The van der Waals surface area contributed by atoms with Crippen molar-refractivity contribution in [2.24, 2.45) is 22.7 Å². The molecule has 2 fully saturated rings. The van der Waals surface area contributed by atoms with Gasteiger partial charge >= 0.3 is 5.97 Å². The smallest absolute Gasteiger partial charge is 0.309 e. The molecule has 1 aliphatic heterocycles. The van der Waals surface area contributed by atoms with Gasteiger partial charge in [-0.05, 0) is 32.1 Å². The average molecular weight is 354 g/mol. The molecular weight excluding hydrogens is 320 g/mol. The van der Waals surface area contributed by atoms with Crippen molar-refractivity contribution in [3.8, 4) is 0 Å². The lowest BCUT2D eigenvalue weighted by atomic mass is 9.62. The Kier molecular flexibility index (Phi) is 5.99. The van der Waals surface area contributed by atoms with Crippen LogP contribution in [0.3, 0.4) is 0 Å². The summed E-state index contributed by atoms with van der Waals surface area (Å²) in [6.45, 7) is 14.7. The van der Waals surface area contributed by atoms with Gasteiger partial charge < -0.3 is 14.2 Å². The molecule has 4 atom stereocenters. The number of ether oxygens (including phenoxy) is 3. The number of Topliss-reactive ketones (excluding diaryl/α,β-unsaturated/α-hetero) is 1. The molecule has 0 spiro atoms. The van der Waals surface area contributed by atoms with Gasteiger partial charge in [-0.3, -0.25) is 9.59 Å². The van der Waals surface area contributed by atoms with Gasteiger partial charge in [-0.2, -0.15) is 0 Å². The highest BCUT2D eigenvalue weighted by Crippen LogP contribution is 2.57. The Morgan fingerprint density at radius 2 is 1.64 bits per heavy atom. The van der Waals surface area contributed by atoms with Gasteiger partial charge in [0.1, 0.15) is 11.9 Å². The molecule has 2 aliphatic rings. The normalized spacial score (nSPS) is 34.7. The third-order valence-corrected chi connectivity index (χ3v) is 6.27. The van der Waals surface area contributed by atoms with E-state index >= 15 is 0 Å². The maximum Gasteiger partial charge on any atom is 0.309 e. The number of rotatable bonds is 6. The Labute approximate surface area is 151 Å². The average Bonchev–Trinajstić information content (AvgIpc) is 3.01. The van der Waals surface area contributed by atoms with Crippen LogP contribution in [0.25, 0.3) is 0 Å². The zero-order chi connectivity index (χ0) is 19.0. The maximum atomic E-state index is 12.9. The van der Waals surface area contributed by atoms with Crippen LogP contribution in [-0.2, 0) is 23.8 Å². The van der Waals surface area contributed by atoms with Crippen molar-refractivity contribution < 1.29 is 23.8 Å². The Hall–Kier alpha value is -0.940. The van der Waals surface area contributed by atoms with Crippen molar-refractivity contribution in [3.63, 3.8) is 0 Å². The van der Waals surface area contributed by atoms with Gasteiger partial charge in [-0.1, -0.05) is 34.6 Å². The van der Waals surface area contributed by atoms with Crippen LogP contribution >= 0.6 is 0 Å². The second-order valence-corrected chi connectivity index (χ2v) is 8.90. The van der Waals surface area contributed by atoms with Crippen molar-refractivity contribution in [2.75, 3.05) is 13.2 Å². The van der Waals surface area contributed by atoms with Gasteiger partial charge in [0.05, 0.1) is 25.2 Å². The monoisotopic (exact) mass is 354 g/mol.